The summed E-state index contributed by atoms with van der Waals surface area (Å²) >= 11 is 3.84. The first-order valence-electron chi connectivity index (χ1n) is 13.6. The van der Waals surface area contributed by atoms with Crippen molar-refractivity contribution in [2.24, 2.45) is 0 Å². The smallest absolute Gasteiger partial charge is 0.334 e. The van der Waals surface area contributed by atoms with Crippen molar-refractivity contribution < 1.29 is 32.2 Å². The van der Waals surface area contributed by atoms with Crippen LogP contribution in [0.5, 0.6) is 5.75 Å². The molecule has 0 spiro atoms. The molecule has 11 heteroatoms. The quantitative estimate of drug-likeness (QED) is 0.123. The van der Waals surface area contributed by atoms with Gasteiger partial charge < -0.3 is 19.7 Å². The van der Waals surface area contributed by atoms with Crippen LogP contribution in [-0.4, -0.2) is 62.9 Å². The van der Waals surface area contributed by atoms with E-state index in [1.54, 1.807) is 44.2 Å². The van der Waals surface area contributed by atoms with Gasteiger partial charge in [-0.3, -0.25) is 13.8 Å². The highest BCUT2D eigenvalue weighted by Crippen LogP contribution is 2.33. The monoisotopic (exact) mass is 624 g/mol. The highest BCUT2D eigenvalue weighted by Gasteiger charge is 2.57. The second-order valence-electron chi connectivity index (χ2n) is 10.00. The number of hydrogen-bond acceptors (Lipinski definition) is 7. The molecule has 3 aromatic carbocycles. The Morgan fingerprint density at radius 2 is 1.51 bits per heavy atom. The minimum absolute atomic E-state index is 0.0866. The van der Waals surface area contributed by atoms with E-state index in [-0.39, 0.29) is 18.8 Å². The molecule has 1 N–H and O–H groups in total. The van der Waals surface area contributed by atoms with E-state index in [1.807, 2.05) is 60.7 Å². The van der Waals surface area contributed by atoms with E-state index in [4.69, 9.17) is 25.3 Å². The zero-order valence-corrected chi connectivity index (χ0v) is 25.3. The fourth-order valence-electron chi connectivity index (χ4n) is 4.53. The summed E-state index contributed by atoms with van der Waals surface area (Å²) in [4.78, 5) is 41.1. The van der Waals surface area contributed by atoms with Crippen LogP contribution < -0.4 is 10.1 Å². The average Bonchev–Trinajstić information content (AvgIpc) is 3.01. The average molecular weight is 625 g/mol. The number of esters is 1. The van der Waals surface area contributed by atoms with E-state index < -0.39 is 57.8 Å². The maximum Gasteiger partial charge on any atom is 0.334 e. The second kappa shape index (κ2) is 15.0. The normalized spacial score (nSPS) is 18.2. The maximum absolute atomic E-state index is 13.8. The molecule has 43 heavy (non-hydrogen) atoms. The number of likely N-dealkylation sites (tertiary alicyclic amines) is 1. The number of carbonyl (C=O) groups is 3. The number of hydrogen-bond donors (Lipinski definition) is 1. The van der Waals surface area contributed by atoms with Gasteiger partial charge in [-0.25, -0.2) is 9.00 Å². The van der Waals surface area contributed by atoms with Crippen LogP contribution in [0.1, 0.15) is 31.1 Å². The predicted molar refractivity (Wildman–Crippen MR) is 163 cm³/mol. The molecule has 1 saturated heterocycles. The van der Waals surface area contributed by atoms with Crippen LogP contribution in [0.25, 0.3) is 0 Å². The van der Waals surface area contributed by atoms with Gasteiger partial charge in [-0.05, 0) is 42.7 Å². The summed E-state index contributed by atoms with van der Waals surface area (Å²) in [7, 11) is 0. The van der Waals surface area contributed by atoms with Crippen molar-refractivity contribution >= 4 is 40.5 Å². The Morgan fingerprint density at radius 3 is 2.02 bits per heavy atom. The zero-order chi connectivity index (χ0) is 30.9. The number of carbonyl (C=O) groups excluding carboxylic acids is 3. The molecular formula is C32H33ClN2O7S. The second-order valence-corrected chi connectivity index (χ2v) is 12.0. The number of alkyl halides is 1. The Bertz CT molecular complexity index is 1400. The fraction of sp³-hybridized carbons (Fsp3) is 0.281. The van der Waals surface area contributed by atoms with Gasteiger partial charge in [0.05, 0.1) is 12.0 Å². The van der Waals surface area contributed by atoms with Crippen molar-refractivity contribution in [3.63, 3.8) is 0 Å². The summed E-state index contributed by atoms with van der Waals surface area (Å²) in [6, 6.07) is 24.5. The fourth-order valence-corrected chi connectivity index (χ4v) is 5.96. The third kappa shape index (κ3) is 8.10. The summed E-state index contributed by atoms with van der Waals surface area (Å²) in [6.45, 7) is 6.68. The highest BCUT2D eigenvalue weighted by molar-refractivity contribution is 7.81. The molecule has 0 aromatic heterocycles. The van der Waals surface area contributed by atoms with Crippen LogP contribution in [0.4, 0.5) is 0 Å². The zero-order valence-electron chi connectivity index (χ0n) is 23.8. The Labute approximate surface area is 258 Å². The van der Waals surface area contributed by atoms with Crippen LogP contribution >= 0.6 is 11.6 Å². The summed E-state index contributed by atoms with van der Waals surface area (Å²) in [5.74, 6) is -1.56. The van der Waals surface area contributed by atoms with E-state index in [0.29, 0.717) is 5.75 Å². The molecule has 1 heterocycles. The van der Waals surface area contributed by atoms with Crippen LogP contribution in [0, 0.1) is 0 Å². The number of nitrogens with one attached hydrogen (secondary N) is 1. The third-order valence-electron chi connectivity index (χ3n) is 6.53. The summed E-state index contributed by atoms with van der Waals surface area (Å²) in [6.07, 6.45) is -0.781. The van der Waals surface area contributed by atoms with Crippen molar-refractivity contribution in [2.75, 3.05) is 13.2 Å². The lowest BCUT2D eigenvalue weighted by Gasteiger charge is -2.48. The van der Waals surface area contributed by atoms with Crippen molar-refractivity contribution in [1.29, 1.82) is 0 Å². The summed E-state index contributed by atoms with van der Waals surface area (Å²) in [5, 5.41) is 0.877. The van der Waals surface area contributed by atoms with E-state index in [9.17, 15) is 18.6 Å². The van der Waals surface area contributed by atoms with Crippen molar-refractivity contribution in [2.45, 2.75) is 42.8 Å². The number of rotatable bonds is 14. The number of para-hydroxylation sites is 1. The molecule has 0 bridgehead atoms. The highest BCUT2D eigenvalue weighted by atomic mass is 35.5. The lowest BCUT2D eigenvalue weighted by atomic mass is 9.98. The lowest BCUT2D eigenvalue weighted by molar-refractivity contribution is -0.165. The topological polar surface area (TPSA) is 111 Å². The number of β-lactam (4-membered cyclic amide) rings is 1. The SMILES string of the molecule is C=C(C)C(C(=O)OC(c1ccccc1)c1ccccc1)N1C(=O)C(NC(=O)COc2ccccc2)C1S(=O)OCC(C)Cl. The van der Waals surface area contributed by atoms with Crippen LogP contribution in [0.15, 0.2) is 103 Å². The third-order valence-corrected chi connectivity index (χ3v) is 7.92. The van der Waals surface area contributed by atoms with Crippen molar-refractivity contribution in [1.82, 2.24) is 10.2 Å². The van der Waals surface area contributed by atoms with Gasteiger partial charge in [0.1, 0.15) is 11.8 Å². The molecule has 0 aliphatic carbocycles. The summed E-state index contributed by atoms with van der Waals surface area (Å²) in [5.41, 5.74) is 1.73. The van der Waals surface area contributed by atoms with Gasteiger partial charge in [-0.1, -0.05) is 85.4 Å². The molecule has 1 aliphatic rings. The minimum atomic E-state index is -2.16. The molecule has 226 valence electrons. The molecule has 1 aliphatic heterocycles. The van der Waals surface area contributed by atoms with Gasteiger partial charge in [0, 0.05) is 0 Å². The Balaban J connectivity index is 1.56. The Morgan fingerprint density at radius 1 is 0.977 bits per heavy atom. The molecule has 4 rings (SSSR count). The van der Waals surface area contributed by atoms with Crippen LogP contribution in [0.2, 0.25) is 0 Å². The van der Waals surface area contributed by atoms with E-state index in [0.717, 1.165) is 16.0 Å². The van der Waals surface area contributed by atoms with Gasteiger partial charge in [-0.15, -0.1) is 11.6 Å². The van der Waals surface area contributed by atoms with Crippen LogP contribution in [-0.2, 0) is 34.4 Å². The molecule has 3 aromatic rings. The molecule has 2 amide bonds. The Hall–Kier alpha value is -3.99. The number of nitrogens with zero attached hydrogens (tertiary/aromatic N) is 1. The summed E-state index contributed by atoms with van der Waals surface area (Å²) < 4.78 is 30.3. The first-order chi connectivity index (χ1) is 20.7. The molecule has 5 unspecified atom stereocenters. The molecular weight excluding hydrogens is 592 g/mol. The van der Waals surface area contributed by atoms with Gasteiger partial charge in [-0.2, -0.15) is 0 Å². The molecule has 9 nitrogen and oxygen atoms in total. The van der Waals surface area contributed by atoms with Crippen LogP contribution in [0.3, 0.4) is 0 Å². The standard InChI is InChI=1S/C32H33ClN2O7S/c1-21(2)28(32(38)42-29(23-13-7-4-8-14-23)24-15-9-5-10-16-24)35-30(37)27(31(35)43(39)41-19-22(3)33)34-26(36)20-40-25-17-11-6-12-18-25/h4-18,22,27-29,31H,1,19-20H2,2-3H3,(H,34,36). The van der Waals surface area contributed by atoms with E-state index in [2.05, 4.69) is 11.9 Å². The van der Waals surface area contributed by atoms with E-state index >= 15 is 0 Å². The van der Waals surface area contributed by atoms with Crippen molar-refractivity contribution in [3.8, 4) is 5.75 Å². The molecule has 0 radical (unpaired) electrons. The first kappa shape index (κ1) is 31.9. The van der Waals surface area contributed by atoms with Gasteiger partial charge in [0.15, 0.2) is 35.2 Å². The van der Waals surface area contributed by atoms with Gasteiger partial charge in [0.25, 0.3) is 11.8 Å². The number of ether oxygens (including phenoxy) is 2. The van der Waals surface area contributed by atoms with Gasteiger partial charge in [0.2, 0.25) is 0 Å². The van der Waals surface area contributed by atoms with E-state index in [1.165, 1.54) is 0 Å². The number of amides is 2. The lowest BCUT2D eigenvalue weighted by Crippen LogP contribution is -2.75. The van der Waals surface area contributed by atoms with Crippen molar-refractivity contribution in [3.05, 3.63) is 114 Å². The molecule has 5 atom stereocenters. The number of benzene rings is 3. The predicted octanol–water partition coefficient (Wildman–Crippen LogP) is 4.30. The van der Waals surface area contributed by atoms with Gasteiger partial charge >= 0.3 is 5.97 Å². The largest absolute Gasteiger partial charge is 0.484 e. The molecule has 0 saturated carbocycles. The minimum Gasteiger partial charge on any atom is -0.484 e. The maximum atomic E-state index is 13.8. The Kier molecular flexibility index (Phi) is 11.1. The number of halogens is 1. The molecule has 1 fully saturated rings. The first-order valence-corrected chi connectivity index (χ1v) is 15.2.